The fraction of sp³-hybridized carbons (Fsp3) is 0.318. The normalized spacial score (nSPS) is 15.0. The maximum atomic E-state index is 6.37. The standard InChI is InChI=1S/C22H24N4OS/c1-4-5-12-28-22-24-21-19(25-26-22)16-8-6-7-9-18(16)23-20(27-21)17-13-14(2)10-11-15(17)3/h6-11,13,20,23H,4-5,12H2,1-3H3/t20-/m1/s1. The lowest BCUT2D eigenvalue weighted by molar-refractivity contribution is 0.224. The average Bonchev–Trinajstić information content (AvgIpc) is 2.86. The summed E-state index contributed by atoms with van der Waals surface area (Å²) < 4.78 is 6.37. The van der Waals surface area contributed by atoms with Gasteiger partial charge in [0.15, 0.2) is 11.9 Å². The molecule has 4 rings (SSSR count). The third-order valence-corrected chi connectivity index (χ3v) is 5.70. The molecule has 0 spiro atoms. The van der Waals surface area contributed by atoms with Crippen LogP contribution in [-0.4, -0.2) is 20.9 Å². The molecular weight excluding hydrogens is 368 g/mol. The molecule has 1 N–H and O–H groups in total. The lowest BCUT2D eigenvalue weighted by Crippen LogP contribution is -2.18. The second-order valence-electron chi connectivity index (χ2n) is 7.00. The third kappa shape index (κ3) is 3.83. The molecular formula is C22H24N4OS. The number of thioether (sulfide) groups is 1. The summed E-state index contributed by atoms with van der Waals surface area (Å²) in [6, 6.07) is 14.5. The number of hydrogen-bond donors (Lipinski definition) is 1. The minimum Gasteiger partial charge on any atom is -0.448 e. The molecule has 3 aromatic rings. The zero-order valence-corrected chi connectivity index (χ0v) is 17.2. The van der Waals surface area contributed by atoms with Crippen LogP contribution in [-0.2, 0) is 0 Å². The summed E-state index contributed by atoms with van der Waals surface area (Å²) in [5.41, 5.74) is 6.06. The van der Waals surface area contributed by atoms with Crippen molar-refractivity contribution in [1.82, 2.24) is 15.2 Å². The van der Waals surface area contributed by atoms with E-state index >= 15 is 0 Å². The number of aromatic nitrogens is 3. The van der Waals surface area contributed by atoms with E-state index in [9.17, 15) is 0 Å². The number of anilines is 1. The topological polar surface area (TPSA) is 59.9 Å². The number of fused-ring (bicyclic) bond motifs is 3. The second kappa shape index (κ2) is 8.19. The molecule has 6 heteroatoms. The molecule has 0 aliphatic carbocycles. The lowest BCUT2D eigenvalue weighted by Gasteiger charge is -2.21. The van der Waals surface area contributed by atoms with Crippen molar-refractivity contribution in [2.24, 2.45) is 0 Å². The van der Waals surface area contributed by atoms with E-state index in [-0.39, 0.29) is 6.23 Å². The molecule has 2 aromatic carbocycles. The van der Waals surface area contributed by atoms with Crippen LogP contribution in [0.25, 0.3) is 11.3 Å². The molecule has 1 aromatic heterocycles. The van der Waals surface area contributed by atoms with Gasteiger partial charge in [-0.15, -0.1) is 10.2 Å². The molecule has 0 bridgehead atoms. The van der Waals surface area contributed by atoms with E-state index < -0.39 is 0 Å². The first-order valence-corrected chi connectivity index (χ1v) is 10.6. The predicted molar refractivity (Wildman–Crippen MR) is 114 cm³/mol. The molecule has 28 heavy (non-hydrogen) atoms. The Morgan fingerprint density at radius 3 is 2.82 bits per heavy atom. The molecule has 1 atom stereocenters. The molecule has 0 saturated carbocycles. The summed E-state index contributed by atoms with van der Waals surface area (Å²) in [6.45, 7) is 6.37. The van der Waals surface area contributed by atoms with Crippen LogP contribution in [0.1, 0.15) is 42.7 Å². The van der Waals surface area contributed by atoms with Crippen molar-refractivity contribution in [2.75, 3.05) is 11.1 Å². The monoisotopic (exact) mass is 392 g/mol. The molecule has 5 nitrogen and oxygen atoms in total. The van der Waals surface area contributed by atoms with Gasteiger partial charge >= 0.3 is 0 Å². The van der Waals surface area contributed by atoms with Crippen molar-refractivity contribution < 1.29 is 4.74 Å². The first-order valence-electron chi connectivity index (χ1n) is 9.63. The maximum Gasteiger partial charge on any atom is 0.247 e. The minimum absolute atomic E-state index is 0.340. The van der Waals surface area contributed by atoms with Crippen molar-refractivity contribution in [1.29, 1.82) is 0 Å². The van der Waals surface area contributed by atoms with Crippen LogP contribution in [0.5, 0.6) is 5.88 Å². The van der Waals surface area contributed by atoms with Gasteiger partial charge in [0, 0.05) is 22.6 Å². The van der Waals surface area contributed by atoms with Gasteiger partial charge in [-0.05, 0) is 31.9 Å². The van der Waals surface area contributed by atoms with Crippen molar-refractivity contribution in [3.8, 4) is 17.1 Å². The number of para-hydroxylation sites is 1. The Morgan fingerprint density at radius 1 is 1.11 bits per heavy atom. The van der Waals surface area contributed by atoms with Crippen LogP contribution in [0.4, 0.5) is 5.69 Å². The highest BCUT2D eigenvalue weighted by Gasteiger charge is 2.26. The zero-order chi connectivity index (χ0) is 19.5. The Labute approximate surface area is 170 Å². The highest BCUT2D eigenvalue weighted by Crippen LogP contribution is 2.40. The van der Waals surface area contributed by atoms with Gasteiger partial charge in [-0.1, -0.05) is 67.1 Å². The molecule has 0 fully saturated rings. The Hall–Kier alpha value is -2.60. The number of unbranched alkanes of at least 4 members (excludes halogenated alkanes) is 1. The van der Waals surface area contributed by atoms with Crippen LogP contribution in [0.3, 0.4) is 0 Å². The third-order valence-electron chi connectivity index (χ3n) is 4.78. The number of rotatable bonds is 5. The van der Waals surface area contributed by atoms with Crippen molar-refractivity contribution >= 4 is 17.4 Å². The zero-order valence-electron chi connectivity index (χ0n) is 16.4. The van der Waals surface area contributed by atoms with Gasteiger partial charge in [0.05, 0.1) is 0 Å². The van der Waals surface area contributed by atoms with Crippen molar-refractivity contribution in [3.05, 3.63) is 59.2 Å². The van der Waals surface area contributed by atoms with E-state index in [0.29, 0.717) is 16.7 Å². The highest BCUT2D eigenvalue weighted by atomic mass is 32.2. The summed E-state index contributed by atoms with van der Waals surface area (Å²) in [4.78, 5) is 4.70. The number of nitrogens with one attached hydrogen (secondary N) is 1. The fourth-order valence-electron chi connectivity index (χ4n) is 3.20. The smallest absolute Gasteiger partial charge is 0.247 e. The quantitative estimate of drug-likeness (QED) is 0.454. The van der Waals surface area contributed by atoms with E-state index in [0.717, 1.165) is 35.4 Å². The molecule has 1 aliphatic rings. The van der Waals surface area contributed by atoms with Crippen LogP contribution in [0.2, 0.25) is 0 Å². The van der Waals surface area contributed by atoms with Crippen molar-refractivity contribution in [2.45, 2.75) is 45.0 Å². The largest absolute Gasteiger partial charge is 0.448 e. The van der Waals surface area contributed by atoms with E-state index in [2.05, 4.69) is 54.5 Å². The van der Waals surface area contributed by atoms with E-state index in [4.69, 9.17) is 9.72 Å². The predicted octanol–water partition coefficient (Wildman–Crippen LogP) is 5.55. The number of ether oxygens (including phenoxy) is 1. The van der Waals surface area contributed by atoms with Crippen molar-refractivity contribution in [3.63, 3.8) is 0 Å². The van der Waals surface area contributed by atoms with Crippen LogP contribution < -0.4 is 10.1 Å². The van der Waals surface area contributed by atoms with Gasteiger partial charge in [0.1, 0.15) is 0 Å². The lowest BCUT2D eigenvalue weighted by atomic mass is 10.0. The molecule has 1 aliphatic heterocycles. The average molecular weight is 393 g/mol. The molecule has 0 amide bonds. The highest BCUT2D eigenvalue weighted by molar-refractivity contribution is 7.99. The summed E-state index contributed by atoms with van der Waals surface area (Å²) in [7, 11) is 0. The van der Waals surface area contributed by atoms with Gasteiger partial charge in [0.2, 0.25) is 11.0 Å². The van der Waals surface area contributed by atoms with E-state index in [1.54, 1.807) is 11.8 Å². The maximum absolute atomic E-state index is 6.37. The van der Waals surface area contributed by atoms with Gasteiger partial charge < -0.3 is 10.1 Å². The molecule has 0 saturated heterocycles. The number of aryl methyl sites for hydroxylation is 2. The summed E-state index contributed by atoms with van der Waals surface area (Å²) in [6.07, 6.45) is 1.93. The number of hydrogen-bond acceptors (Lipinski definition) is 6. The molecule has 144 valence electrons. The Balaban J connectivity index is 1.77. The Kier molecular flexibility index (Phi) is 5.48. The first kappa shape index (κ1) is 18.7. The van der Waals surface area contributed by atoms with Gasteiger partial charge in [-0.2, -0.15) is 4.98 Å². The summed E-state index contributed by atoms with van der Waals surface area (Å²) in [5.74, 6) is 1.50. The van der Waals surface area contributed by atoms with Crippen LogP contribution in [0.15, 0.2) is 47.6 Å². The summed E-state index contributed by atoms with van der Waals surface area (Å²) >= 11 is 1.62. The second-order valence-corrected chi connectivity index (χ2v) is 8.06. The fourth-order valence-corrected chi connectivity index (χ4v) is 4.06. The summed E-state index contributed by atoms with van der Waals surface area (Å²) in [5, 5.41) is 13.0. The Bertz CT molecular complexity index is 992. The van der Waals surface area contributed by atoms with Gasteiger partial charge in [-0.3, -0.25) is 0 Å². The SMILES string of the molecule is CCCCSc1nnc2c(n1)O[C@H](c1cc(C)ccc1C)Nc1ccccc1-2. The number of nitrogens with zero attached hydrogens (tertiary/aromatic N) is 3. The van der Waals surface area contributed by atoms with E-state index in [1.165, 1.54) is 11.1 Å². The molecule has 0 unspecified atom stereocenters. The van der Waals surface area contributed by atoms with Gasteiger partial charge in [0.25, 0.3) is 0 Å². The van der Waals surface area contributed by atoms with Crippen LogP contribution >= 0.6 is 11.8 Å². The number of benzene rings is 2. The molecule has 2 heterocycles. The van der Waals surface area contributed by atoms with Crippen LogP contribution in [0, 0.1) is 13.8 Å². The Morgan fingerprint density at radius 2 is 1.96 bits per heavy atom. The van der Waals surface area contributed by atoms with E-state index in [1.807, 2.05) is 24.3 Å². The van der Waals surface area contributed by atoms with Gasteiger partial charge in [-0.25, -0.2) is 0 Å². The minimum atomic E-state index is -0.340. The molecule has 0 radical (unpaired) electrons. The first-order chi connectivity index (χ1) is 13.7.